The van der Waals surface area contributed by atoms with Gasteiger partial charge in [-0.15, -0.1) is 4.90 Å². The fourth-order valence-corrected chi connectivity index (χ4v) is 0.510. The molecule has 0 radical (unpaired) electrons. The summed E-state index contributed by atoms with van der Waals surface area (Å²) in [6.45, 7) is 0. The van der Waals surface area contributed by atoms with Gasteiger partial charge in [0.05, 0.1) is 6.08 Å². The Balaban J connectivity index is 2.81. The average Bonchev–Trinajstić information content (AvgIpc) is 2.34. The Morgan fingerprint density at radius 1 is 1.50 bits per heavy atom. The molecule has 1 rings (SSSR count). The summed E-state index contributed by atoms with van der Waals surface area (Å²) in [6.07, 6.45) is 3.13. The summed E-state index contributed by atoms with van der Waals surface area (Å²) in [5.41, 5.74) is 0. The van der Waals surface area contributed by atoms with Crippen molar-refractivity contribution < 1.29 is 14.7 Å². The van der Waals surface area contributed by atoms with Crippen molar-refractivity contribution in [2.24, 2.45) is 0 Å². The number of nitrogens with zero attached hydrogens (tertiary/aromatic N) is 1. The fraction of sp³-hybridized carbons (Fsp3) is 0. The van der Waals surface area contributed by atoms with E-state index in [9.17, 15) is 10.4 Å². The number of hydrogen-bond acceptors (Lipinski definition) is 4. The first-order valence-corrected chi connectivity index (χ1v) is 2.45. The average molecular weight is 142 g/mol. The van der Waals surface area contributed by atoms with Crippen molar-refractivity contribution in [3.63, 3.8) is 0 Å². The molecule has 1 aliphatic heterocycles. The lowest BCUT2D eigenvalue weighted by molar-refractivity contribution is -0.388. The molecule has 0 saturated heterocycles. The maximum absolute atomic E-state index is 9.95. The van der Waals surface area contributed by atoms with E-state index >= 15 is 0 Å². The number of allylic oxidation sites excluding steroid dienone is 1. The van der Waals surface area contributed by atoms with Crippen LogP contribution in [0.2, 0.25) is 0 Å². The third kappa shape index (κ3) is 1.02. The number of rotatable bonds is 0. The lowest BCUT2D eigenvalue weighted by atomic mass is 10.5. The number of aliphatic hydroxyl groups is 1. The number of hydrogen-bond donors (Lipinski definition) is 1. The van der Waals surface area contributed by atoms with Gasteiger partial charge in [0, 0.05) is 0 Å². The molecule has 0 bridgehead atoms. The molecule has 0 spiro atoms. The molecule has 0 aromatic carbocycles. The van der Waals surface area contributed by atoms with E-state index in [0.29, 0.717) is 6.26 Å². The van der Waals surface area contributed by atoms with Gasteiger partial charge in [0.2, 0.25) is 0 Å². The summed E-state index contributed by atoms with van der Waals surface area (Å²) in [6, 6.07) is 0. The van der Waals surface area contributed by atoms with E-state index in [0.717, 1.165) is 0 Å². The van der Waals surface area contributed by atoms with Gasteiger partial charge < -0.3 is 20.3 Å². The Labute approximate surface area is 56.3 Å². The predicted octanol–water partition coefficient (Wildman–Crippen LogP) is 0.379. The first kappa shape index (κ1) is 6.47. The molecule has 10 heavy (non-hydrogen) atoms. The van der Waals surface area contributed by atoms with Gasteiger partial charge >= 0.3 is 5.90 Å². The highest BCUT2D eigenvalue weighted by atomic mass is 16.8. The molecule has 5 heteroatoms. The standard InChI is InChI=1S/C5H4NO4/c7-3-4-1-2-5(10-4)6(8)9/h1-3H,(H-,7,8,9)/q-1. The molecule has 0 atom stereocenters. The van der Waals surface area contributed by atoms with Gasteiger partial charge in [0.15, 0.2) is 5.76 Å². The molecule has 0 amide bonds. The Bertz CT molecular complexity index is 224. The molecule has 0 aliphatic carbocycles. The third-order valence-electron chi connectivity index (χ3n) is 0.920. The lowest BCUT2D eigenvalue weighted by Crippen LogP contribution is -2.06. The predicted molar refractivity (Wildman–Crippen MR) is 32.9 cm³/mol. The minimum absolute atomic E-state index is 0.0756. The van der Waals surface area contributed by atoms with Crippen molar-refractivity contribution in [3.05, 3.63) is 34.6 Å². The van der Waals surface area contributed by atoms with Crippen LogP contribution < -0.4 is 0 Å². The second-order valence-corrected chi connectivity index (χ2v) is 1.56. The first-order valence-electron chi connectivity index (χ1n) is 2.45. The smallest absolute Gasteiger partial charge is 0.391 e. The Morgan fingerprint density at radius 2 is 2.20 bits per heavy atom. The van der Waals surface area contributed by atoms with Gasteiger partial charge in [-0.3, -0.25) is 0 Å². The quantitative estimate of drug-likeness (QED) is 0.301. The zero-order chi connectivity index (χ0) is 7.56. The summed E-state index contributed by atoms with van der Waals surface area (Å²) in [5, 5.41) is 28.2. The SMILES string of the molecule is [O-][N+]([O-])=C1C=CC(=CO)O1. The molecule has 0 unspecified atom stereocenters. The molecule has 5 nitrogen and oxygen atoms in total. The zero-order valence-electron chi connectivity index (χ0n) is 4.85. The molecule has 1 N–H and O–H groups in total. The maximum Gasteiger partial charge on any atom is 0.391 e. The van der Waals surface area contributed by atoms with E-state index in [2.05, 4.69) is 4.74 Å². The van der Waals surface area contributed by atoms with Gasteiger partial charge in [0.25, 0.3) is 0 Å². The topological polar surface area (TPSA) is 78.6 Å². The highest BCUT2D eigenvalue weighted by molar-refractivity contribution is 5.87. The summed E-state index contributed by atoms with van der Waals surface area (Å²) in [4.78, 5) is -0.674. The molecule has 0 saturated carbocycles. The van der Waals surface area contributed by atoms with E-state index in [-0.39, 0.29) is 11.7 Å². The minimum atomic E-state index is -0.674. The molecule has 1 heterocycles. The van der Waals surface area contributed by atoms with E-state index in [4.69, 9.17) is 5.11 Å². The van der Waals surface area contributed by atoms with E-state index in [1.54, 1.807) is 0 Å². The van der Waals surface area contributed by atoms with Crippen LogP contribution in [0.25, 0.3) is 0 Å². The van der Waals surface area contributed by atoms with Crippen molar-refractivity contribution in [2.45, 2.75) is 0 Å². The Morgan fingerprint density at radius 3 is 2.50 bits per heavy atom. The monoisotopic (exact) mass is 142 g/mol. The summed E-state index contributed by atoms with van der Waals surface area (Å²) in [5.74, 6) is -0.299. The van der Waals surface area contributed by atoms with Crippen LogP contribution in [0.5, 0.6) is 0 Å². The van der Waals surface area contributed by atoms with Crippen LogP contribution in [0.1, 0.15) is 0 Å². The highest BCUT2D eigenvalue weighted by Crippen LogP contribution is 2.08. The van der Waals surface area contributed by atoms with Crippen LogP contribution in [0, 0.1) is 10.4 Å². The van der Waals surface area contributed by atoms with Gasteiger partial charge in [0.1, 0.15) is 6.26 Å². The maximum atomic E-state index is 9.95. The molecular formula is C5H4NO4-. The van der Waals surface area contributed by atoms with Crippen LogP contribution in [-0.2, 0) is 4.74 Å². The first-order chi connectivity index (χ1) is 4.74. The Hall–Kier alpha value is -1.65. The van der Waals surface area contributed by atoms with Crippen LogP contribution in [0.15, 0.2) is 24.2 Å². The molecular weight excluding hydrogens is 138 g/mol. The summed E-state index contributed by atoms with van der Waals surface area (Å²) in [7, 11) is 0. The van der Waals surface area contributed by atoms with Crippen LogP contribution >= 0.6 is 0 Å². The summed E-state index contributed by atoms with van der Waals surface area (Å²) < 4.78 is 4.49. The van der Waals surface area contributed by atoms with Gasteiger partial charge in [-0.05, 0) is 6.08 Å². The minimum Gasteiger partial charge on any atom is -0.610 e. The van der Waals surface area contributed by atoms with Crippen molar-refractivity contribution in [3.8, 4) is 0 Å². The van der Waals surface area contributed by atoms with E-state index < -0.39 is 4.90 Å². The second-order valence-electron chi connectivity index (χ2n) is 1.56. The third-order valence-corrected chi connectivity index (χ3v) is 0.920. The fourth-order valence-electron chi connectivity index (χ4n) is 0.510. The largest absolute Gasteiger partial charge is 0.610 e. The van der Waals surface area contributed by atoms with Crippen LogP contribution in [0.4, 0.5) is 0 Å². The van der Waals surface area contributed by atoms with Crippen LogP contribution in [0.3, 0.4) is 0 Å². The molecule has 1 aliphatic rings. The van der Waals surface area contributed by atoms with Crippen molar-refractivity contribution in [1.82, 2.24) is 0 Å². The zero-order valence-corrected chi connectivity index (χ0v) is 4.85. The Kier molecular flexibility index (Phi) is 1.49. The molecule has 0 aromatic rings. The van der Waals surface area contributed by atoms with Crippen molar-refractivity contribution in [2.75, 3.05) is 0 Å². The van der Waals surface area contributed by atoms with Crippen molar-refractivity contribution in [1.29, 1.82) is 0 Å². The number of ether oxygens (including phenoxy) is 1. The van der Waals surface area contributed by atoms with Gasteiger partial charge in [-0.1, -0.05) is 0 Å². The summed E-state index contributed by atoms with van der Waals surface area (Å²) >= 11 is 0. The number of aliphatic hydroxyl groups excluding tert-OH is 1. The molecule has 0 fully saturated rings. The van der Waals surface area contributed by atoms with Gasteiger partial charge in [-0.2, -0.15) is 0 Å². The van der Waals surface area contributed by atoms with Gasteiger partial charge in [-0.25, -0.2) is 0 Å². The van der Waals surface area contributed by atoms with E-state index in [1.807, 2.05) is 0 Å². The highest BCUT2D eigenvalue weighted by Gasteiger charge is 2.13. The van der Waals surface area contributed by atoms with Crippen molar-refractivity contribution >= 4 is 5.90 Å². The lowest BCUT2D eigenvalue weighted by Gasteiger charge is -2.03. The molecule has 54 valence electrons. The molecule has 0 aromatic heterocycles. The second kappa shape index (κ2) is 2.30. The van der Waals surface area contributed by atoms with Crippen LogP contribution in [-0.4, -0.2) is 15.9 Å². The van der Waals surface area contributed by atoms with E-state index in [1.165, 1.54) is 12.2 Å². The normalized spacial score (nSPS) is 19.6.